The van der Waals surface area contributed by atoms with Gasteiger partial charge in [-0.1, -0.05) is 38.7 Å². The minimum absolute atomic E-state index is 0.200. The molecule has 1 aromatic rings. The first-order valence-electron chi connectivity index (χ1n) is 10.5. The molecule has 2 rings (SSSR count). The molecule has 0 aliphatic carbocycles. The van der Waals surface area contributed by atoms with Crippen LogP contribution < -0.4 is 14.2 Å². The number of methoxy groups -OCH3 is 3. The molecule has 1 fully saturated rings. The topological polar surface area (TPSA) is 54.4 Å². The Labute approximate surface area is 170 Å². The molecule has 1 heterocycles. The Bertz CT molecular complexity index is 574. The Hall–Kier alpha value is -1.50. The third-order valence-electron chi connectivity index (χ3n) is 5.50. The standard InChI is InChI=1S/C22H38N2O4/c1-5-6-7-8-9-19(25)17-24-14-12-23(13-15-24)16-18-10-11-20(26-2)22(28-4)21(18)27-3/h10-11,19,25H,5-9,12-17H2,1-4H3. The van der Waals surface area contributed by atoms with E-state index >= 15 is 0 Å². The van der Waals surface area contributed by atoms with E-state index in [-0.39, 0.29) is 6.10 Å². The summed E-state index contributed by atoms with van der Waals surface area (Å²) in [5.74, 6) is 2.07. The number of unbranched alkanes of at least 4 members (excludes halogenated alkanes) is 3. The van der Waals surface area contributed by atoms with Crippen LogP contribution in [0.4, 0.5) is 0 Å². The number of aliphatic hydroxyl groups excluding tert-OH is 1. The number of ether oxygens (including phenoxy) is 3. The van der Waals surface area contributed by atoms with Gasteiger partial charge in [-0.25, -0.2) is 0 Å². The van der Waals surface area contributed by atoms with Gasteiger partial charge < -0.3 is 19.3 Å². The number of hydrogen-bond donors (Lipinski definition) is 1. The van der Waals surface area contributed by atoms with Crippen LogP contribution in [0, 0.1) is 0 Å². The maximum absolute atomic E-state index is 10.3. The molecule has 0 radical (unpaired) electrons. The Morgan fingerprint density at radius 3 is 2.18 bits per heavy atom. The number of hydrogen-bond acceptors (Lipinski definition) is 6. The van der Waals surface area contributed by atoms with Crippen molar-refractivity contribution in [1.82, 2.24) is 9.80 Å². The van der Waals surface area contributed by atoms with E-state index in [1.54, 1.807) is 21.3 Å². The summed E-state index contributed by atoms with van der Waals surface area (Å²) in [5, 5.41) is 10.3. The summed E-state index contributed by atoms with van der Waals surface area (Å²) in [6.07, 6.45) is 5.59. The van der Waals surface area contributed by atoms with Crippen LogP contribution >= 0.6 is 0 Å². The van der Waals surface area contributed by atoms with Gasteiger partial charge >= 0.3 is 0 Å². The fourth-order valence-corrected chi connectivity index (χ4v) is 3.85. The molecule has 0 saturated carbocycles. The van der Waals surface area contributed by atoms with Gasteiger partial charge in [0.05, 0.1) is 27.4 Å². The van der Waals surface area contributed by atoms with Gasteiger partial charge in [-0.05, 0) is 12.5 Å². The third-order valence-corrected chi connectivity index (χ3v) is 5.50. The van der Waals surface area contributed by atoms with E-state index in [1.807, 2.05) is 12.1 Å². The van der Waals surface area contributed by atoms with Gasteiger partial charge in [0.1, 0.15) is 0 Å². The molecule has 28 heavy (non-hydrogen) atoms. The molecule has 1 aliphatic rings. The van der Waals surface area contributed by atoms with Crippen molar-refractivity contribution in [2.75, 3.05) is 54.1 Å². The normalized spacial score (nSPS) is 16.8. The van der Waals surface area contributed by atoms with E-state index in [1.165, 1.54) is 19.3 Å². The van der Waals surface area contributed by atoms with Crippen molar-refractivity contribution in [2.24, 2.45) is 0 Å². The van der Waals surface area contributed by atoms with Crippen molar-refractivity contribution in [1.29, 1.82) is 0 Å². The molecule has 1 atom stereocenters. The average molecular weight is 395 g/mol. The van der Waals surface area contributed by atoms with E-state index < -0.39 is 0 Å². The largest absolute Gasteiger partial charge is 0.493 e. The number of aliphatic hydroxyl groups is 1. The molecule has 1 aliphatic heterocycles. The summed E-state index contributed by atoms with van der Waals surface area (Å²) < 4.78 is 16.5. The fourth-order valence-electron chi connectivity index (χ4n) is 3.85. The summed E-state index contributed by atoms with van der Waals surface area (Å²) in [6.45, 7) is 7.77. The zero-order valence-electron chi connectivity index (χ0n) is 18.1. The Morgan fingerprint density at radius 2 is 1.57 bits per heavy atom. The third kappa shape index (κ3) is 6.54. The maximum atomic E-state index is 10.3. The highest BCUT2D eigenvalue weighted by molar-refractivity contribution is 5.55. The van der Waals surface area contributed by atoms with Gasteiger partial charge in [0.25, 0.3) is 0 Å². The average Bonchev–Trinajstić information content (AvgIpc) is 2.72. The Balaban J connectivity index is 1.82. The lowest BCUT2D eigenvalue weighted by Gasteiger charge is -2.36. The Kier molecular flexibility index (Phi) is 9.88. The van der Waals surface area contributed by atoms with E-state index in [2.05, 4.69) is 16.7 Å². The molecule has 1 N–H and O–H groups in total. The van der Waals surface area contributed by atoms with E-state index in [0.29, 0.717) is 11.5 Å². The second-order valence-electron chi connectivity index (χ2n) is 7.57. The Morgan fingerprint density at radius 1 is 0.893 bits per heavy atom. The lowest BCUT2D eigenvalue weighted by molar-refractivity contribution is 0.0649. The van der Waals surface area contributed by atoms with Crippen molar-refractivity contribution in [2.45, 2.75) is 51.7 Å². The highest BCUT2D eigenvalue weighted by Gasteiger charge is 2.22. The van der Waals surface area contributed by atoms with Crippen LogP contribution in [-0.2, 0) is 6.54 Å². The van der Waals surface area contributed by atoms with E-state index in [4.69, 9.17) is 14.2 Å². The van der Waals surface area contributed by atoms with Gasteiger partial charge in [0.2, 0.25) is 5.75 Å². The second kappa shape index (κ2) is 12.1. The number of benzene rings is 1. The quantitative estimate of drug-likeness (QED) is 0.550. The van der Waals surface area contributed by atoms with E-state index in [0.717, 1.165) is 63.4 Å². The molecule has 1 unspecified atom stereocenters. The molecule has 6 heteroatoms. The summed E-state index contributed by atoms with van der Waals surface area (Å²) in [5.41, 5.74) is 1.10. The van der Waals surface area contributed by atoms with Crippen LogP contribution in [-0.4, -0.2) is 75.1 Å². The van der Waals surface area contributed by atoms with Gasteiger partial charge in [-0.15, -0.1) is 0 Å². The molecule has 1 saturated heterocycles. The minimum atomic E-state index is -0.200. The highest BCUT2D eigenvalue weighted by atomic mass is 16.5. The summed E-state index contributed by atoms with van der Waals surface area (Å²) in [7, 11) is 4.94. The molecule has 0 spiro atoms. The van der Waals surface area contributed by atoms with Gasteiger partial charge in [0, 0.05) is 44.8 Å². The van der Waals surface area contributed by atoms with Crippen molar-refractivity contribution in [3.63, 3.8) is 0 Å². The number of β-amino-alcohol motifs (C(OH)–C–C–N with tert-alkyl or cyclic N) is 1. The van der Waals surface area contributed by atoms with E-state index in [9.17, 15) is 5.11 Å². The molecule has 6 nitrogen and oxygen atoms in total. The first kappa shape index (κ1) is 22.8. The number of nitrogens with zero attached hydrogens (tertiary/aromatic N) is 2. The van der Waals surface area contributed by atoms with Crippen molar-refractivity contribution < 1.29 is 19.3 Å². The molecule has 1 aromatic carbocycles. The number of rotatable bonds is 12. The van der Waals surface area contributed by atoms with Crippen LogP contribution in [0.2, 0.25) is 0 Å². The lowest BCUT2D eigenvalue weighted by Crippen LogP contribution is -2.48. The van der Waals surface area contributed by atoms with Crippen LogP contribution in [0.15, 0.2) is 12.1 Å². The fraction of sp³-hybridized carbons (Fsp3) is 0.727. The van der Waals surface area contributed by atoms with Gasteiger partial charge in [-0.2, -0.15) is 0 Å². The number of piperazine rings is 1. The monoisotopic (exact) mass is 394 g/mol. The molecule has 160 valence electrons. The first-order valence-corrected chi connectivity index (χ1v) is 10.5. The highest BCUT2D eigenvalue weighted by Crippen LogP contribution is 2.40. The zero-order chi connectivity index (χ0) is 20.4. The second-order valence-corrected chi connectivity index (χ2v) is 7.57. The minimum Gasteiger partial charge on any atom is -0.493 e. The smallest absolute Gasteiger partial charge is 0.203 e. The van der Waals surface area contributed by atoms with Crippen molar-refractivity contribution in [3.8, 4) is 17.2 Å². The predicted octanol–water partition coefficient (Wildman–Crippen LogP) is 3.16. The summed E-state index contributed by atoms with van der Waals surface area (Å²) in [6, 6.07) is 3.98. The predicted molar refractivity (Wildman–Crippen MR) is 113 cm³/mol. The van der Waals surface area contributed by atoms with Crippen molar-refractivity contribution in [3.05, 3.63) is 17.7 Å². The van der Waals surface area contributed by atoms with Crippen molar-refractivity contribution >= 4 is 0 Å². The molecule has 0 aromatic heterocycles. The SMILES string of the molecule is CCCCCCC(O)CN1CCN(Cc2ccc(OC)c(OC)c2OC)CC1. The molecule has 0 bridgehead atoms. The molecular weight excluding hydrogens is 356 g/mol. The summed E-state index contributed by atoms with van der Waals surface area (Å²) in [4.78, 5) is 4.81. The van der Waals surface area contributed by atoms with Crippen LogP contribution in [0.1, 0.15) is 44.6 Å². The zero-order valence-corrected chi connectivity index (χ0v) is 18.1. The maximum Gasteiger partial charge on any atom is 0.203 e. The molecular formula is C22H38N2O4. The lowest BCUT2D eigenvalue weighted by atomic mass is 10.1. The summed E-state index contributed by atoms with van der Waals surface area (Å²) >= 11 is 0. The van der Waals surface area contributed by atoms with Crippen LogP contribution in [0.5, 0.6) is 17.2 Å². The van der Waals surface area contributed by atoms with Gasteiger partial charge in [0.15, 0.2) is 11.5 Å². The first-order chi connectivity index (χ1) is 13.6. The van der Waals surface area contributed by atoms with Gasteiger partial charge in [-0.3, -0.25) is 9.80 Å². The molecule has 0 amide bonds. The van der Waals surface area contributed by atoms with Crippen LogP contribution in [0.25, 0.3) is 0 Å². The van der Waals surface area contributed by atoms with Crippen LogP contribution in [0.3, 0.4) is 0 Å².